The van der Waals surface area contributed by atoms with Crippen molar-refractivity contribution in [3.8, 4) is 0 Å². The van der Waals surface area contributed by atoms with Gasteiger partial charge in [0.1, 0.15) is 12.1 Å². The van der Waals surface area contributed by atoms with E-state index in [1.807, 2.05) is 27.7 Å². The van der Waals surface area contributed by atoms with Crippen molar-refractivity contribution in [3.63, 3.8) is 0 Å². The summed E-state index contributed by atoms with van der Waals surface area (Å²) in [6.45, 7) is 7.87. The third kappa shape index (κ3) is 1.93. The fraction of sp³-hybridized carbons (Fsp3) is 0.833. The zero-order valence-corrected chi connectivity index (χ0v) is 11.0. The van der Waals surface area contributed by atoms with Crippen molar-refractivity contribution in [2.45, 2.75) is 39.8 Å². The predicted molar refractivity (Wildman–Crippen MR) is 62.8 cm³/mol. The van der Waals surface area contributed by atoms with Crippen molar-refractivity contribution >= 4 is 11.8 Å². The summed E-state index contributed by atoms with van der Waals surface area (Å²) in [7, 11) is 3.46. The summed E-state index contributed by atoms with van der Waals surface area (Å²) in [5, 5.41) is 0. The summed E-state index contributed by atoms with van der Waals surface area (Å²) < 4.78 is 0. The lowest BCUT2D eigenvalue weighted by Gasteiger charge is -2.44. The molecular formula is C12H22N2O2. The molecule has 16 heavy (non-hydrogen) atoms. The Kier molecular flexibility index (Phi) is 3.61. The van der Waals surface area contributed by atoms with E-state index in [-0.39, 0.29) is 35.7 Å². The Morgan fingerprint density at radius 3 is 1.25 bits per heavy atom. The highest BCUT2D eigenvalue weighted by molar-refractivity contribution is 5.97. The molecule has 1 fully saturated rings. The third-order valence-electron chi connectivity index (χ3n) is 3.30. The van der Waals surface area contributed by atoms with E-state index in [1.165, 1.54) is 0 Å². The first-order valence-corrected chi connectivity index (χ1v) is 5.82. The van der Waals surface area contributed by atoms with E-state index >= 15 is 0 Å². The number of piperazine rings is 1. The van der Waals surface area contributed by atoms with Crippen LogP contribution in [0.3, 0.4) is 0 Å². The normalized spacial score (nSPS) is 27.2. The first kappa shape index (κ1) is 13.0. The van der Waals surface area contributed by atoms with Crippen LogP contribution in [-0.2, 0) is 9.59 Å². The summed E-state index contributed by atoms with van der Waals surface area (Å²) in [6.07, 6.45) is 0. The standard InChI is InChI=1S/C12H22N2O2/c1-7(2)9-11(15)14(6)10(8(3)4)12(16)13(9)5/h7-10H,1-6H3/t9-,10-/m0/s1. The molecule has 0 radical (unpaired) electrons. The number of carbonyl (C=O) groups excluding carboxylic acids is 2. The molecule has 0 aromatic carbocycles. The lowest BCUT2D eigenvalue weighted by Crippen LogP contribution is -2.65. The van der Waals surface area contributed by atoms with Gasteiger partial charge in [-0.05, 0) is 11.8 Å². The van der Waals surface area contributed by atoms with Crippen LogP contribution in [0.15, 0.2) is 0 Å². The highest BCUT2D eigenvalue weighted by atomic mass is 16.2. The van der Waals surface area contributed by atoms with Crippen molar-refractivity contribution in [2.75, 3.05) is 14.1 Å². The van der Waals surface area contributed by atoms with Crippen LogP contribution in [0.4, 0.5) is 0 Å². The number of carbonyl (C=O) groups is 2. The fourth-order valence-electron chi connectivity index (χ4n) is 2.49. The van der Waals surface area contributed by atoms with E-state index in [2.05, 4.69) is 0 Å². The minimum atomic E-state index is -0.313. The van der Waals surface area contributed by atoms with Gasteiger partial charge in [0.25, 0.3) is 0 Å². The molecule has 0 saturated carbocycles. The highest BCUT2D eigenvalue weighted by Gasteiger charge is 2.44. The molecule has 0 bridgehead atoms. The maximum Gasteiger partial charge on any atom is 0.246 e. The Labute approximate surface area is 97.6 Å². The van der Waals surface area contributed by atoms with Crippen LogP contribution in [0.25, 0.3) is 0 Å². The van der Waals surface area contributed by atoms with Gasteiger partial charge in [-0.1, -0.05) is 27.7 Å². The number of nitrogens with zero attached hydrogens (tertiary/aromatic N) is 2. The number of likely N-dealkylation sites (N-methyl/N-ethyl adjacent to an activating group) is 2. The third-order valence-corrected chi connectivity index (χ3v) is 3.30. The molecule has 2 atom stereocenters. The molecule has 1 rings (SSSR count). The Morgan fingerprint density at radius 1 is 0.812 bits per heavy atom. The molecule has 2 amide bonds. The SMILES string of the molecule is CC(C)[C@H]1C(=O)N(C)[C@@H](C(C)C)C(=O)N1C. The topological polar surface area (TPSA) is 40.6 Å². The quantitative estimate of drug-likeness (QED) is 0.704. The summed E-state index contributed by atoms with van der Waals surface area (Å²) in [5.41, 5.74) is 0. The van der Waals surface area contributed by atoms with E-state index < -0.39 is 0 Å². The maximum atomic E-state index is 12.2. The smallest absolute Gasteiger partial charge is 0.246 e. The molecule has 0 N–H and O–H groups in total. The molecule has 0 unspecified atom stereocenters. The van der Waals surface area contributed by atoms with Gasteiger partial charge in [-0.15, -0.1) is 0 Å². The molecule has 1 heterocycles. The largest absolute Gasteiger partial charge is 0.332 e. The molecular weight excluding hydrogens is 204 g/mol. The predicted octanol–water partition coefficient (Wildman–Crippen LogP) is 0.966. The Balaban J connectivity index is 3.04. The highest BCUT2D eigenvalue weighted by Crippen LogP contribution is 2.24. The molecule has 1 aliphatic heterocycles. The number of hydrogen-bond donors (Lipinski definition) is 0. The van der Waals surface area contributed by atoms with Crippen LogP contribution in [0.1, 0.15) is 27.7 Å². The van der Waals surface area contributed by atoms with Crippen LogP contribution >= 0.6 is 0 Å². The van der Waals surface area contributed by atoms with E-state index in [9.17, 15) is 9.59 Å². The van der Waals surface area contributed by atoms with Crippen LogP contribution < -0.4 is 0 Å². The van der Waals surface area contributed by atoms with Crippen molar-refractivity contribution < 1.29 is 9.59 Å². The molecule has 0 aromatic rings. The molecule has 92 valence electrons. The van der Waals surface area contributed by atoms with E-state index in [4.69, 9.17) is 0 Å². The van der Waals surface area contributed by atoms with Gasteiger partial charge in [-0.3, -0.25) is 9.59 Å². The van der Waals surface area contributed by atoms with Crippen LogP contribution in [-0.4, -0.2) is 47.8 Å². The van der Waals surface area contributed by atoms with Crippen molar-refractivity contribution in [3.05, 3.63) is 0 Å². The second kappa shape index (κ2) is 4.44. The molecule has 4 nitrogen and oxygen atoms in total. The Bertz CT molecular complexity index is 269. The van der Waals surface area contributed by atoms with Crippen molar-refractivity contribution in [1.29, 1.82) is 0 Å². The molecule has 0 spiro atoms. The molecule has 1 aliphatic rings. The summed E-state index contributed by atoms with van der Waals surface area (Å²) in [5.74, 6) is 0.403. The van der Waals surface area contributed by atoms with Gasteiger partial charge in [0, 0.05) is 14.1 Å². The average Bonchev–Trinajstić information content (AvgIpc) is 2.14. The van der Waals surface area contributed by atoms with Gasteiger partial charge in [-0.2, -0.15) is 0 Å². The first-order valence-electron chi connectivity index (χ1n) is 5.82. The van der Waals surface area contributed by atoms with E-state index in [1.54, 1.807) is 23.9 Å². The average molecular weight is 226 g/mol. The number of hydrogen-bond acceptors (Lipinski definition) is 2. The van der Waals surface area contributed by atoms with Crippen LogP contribution in [0.5, 0.6) is 0 Å². The van der Waals surface area contributed by atoms with Gasteiger partial charge < -0.3 is 9.80 Å². The first-order chi connectivity index (χ1) is 7.29. The lowest BCUT2D eigenvalue weighted by atomic mass is 9.92. The van der Waals surface area contributed by atoms with Gasteiger partial charge in [0.05, 0.1) is 0 Å². The minimum absolute atomic E-state index is 0.0517. The van der Waals surface area contributed by atoms with E-state index in [0.717, 1.165) is 0 Å². The van der Waals surface area contributed by atoms with Crippen molar-refractivity contribution in [2.24, 2.45) is 11.8 Å². The van der Waals surface area contributed by atoms with Crippen LogP contribution in [0, 0.1) is 11.8 Å². The lowest BCUT2D eigenvalue weighted by molar-refractivity contribution is -0.162. The second-order valence-corrected chi connectivity index (χ2v) is 5.28. The Morgan fingerprint density at radius 2 is 1.06 bits per heavy atom. The second-order valence-electron chi connectivity index (χ2n) is 5.28. The van der Waals surface area contributed by atoms with E-state index in [0.29, 0.717) is 0 Å². The number of rotatable bonds is 2. The summed E-state index contributed by atoms with van der Waals surface area (Å²) in [4.78, 5) is 27.6. The minimum Gasteiger partial charge on any atom is -0.332 e. The monoisotopic (exact) mass is 226 g/mol. The molecule has 0 aliphatic carbocycles. The Hall–Kier alpha value is -1.06. The zero-order chi connectivity index (χ0) is 12.6. The summed E-state index contributed by atoms with van der Waals surface area (Å²) >= 11 is 0. The van der Waals surface area contributed by atoms with Gasteiger partial charge in [0.15, 0.2) is 0 Å². The van der Waals surface area contributed by atoms with Crippen molar-refractivity contribution in [1.82, 2.24) is 9.80 Å². The fourth-order valence-corrected chi connectivity index (χ4v) is 2.49. The van der Waals surface area contributed by atoms with Gasteiger partial charge in [-0.25, -0.2) is 0 Å². The number of amides is 2. The van der Waals surface area contributed by atoms with Crippen LogP contribution in [0.2, 0.25) is 0 Å². The molecule has 1 saturated heterocycles. The molecule has 4 heteroatoms. The van der Waals surface area contributed by atoms with Gasteiger partial charge >= 0.3 is 0 Å². The summed E-state index contributed by atoms with van der Waals surface area (Å²) in [6, 6.07) is -0.625. The van der Waals surface area contributed by atoms with Gasteiger partial charge in [0.2, 0.25) is 11.8 Å². The molecule has 0 aromatic heterocycles. The zero-order valence-electron chi connectivity index (χ0n) is 11.0. The maximum absolute atomic E-state index is 12.2.